The smallest absolute Gasteiger partial charge is 0.123 e. The molecule has 19 heavy (non-hydrogen) atoms. The van der Waals surface area contributed by atoms with Gasteiger partial charge in [0.15, 0.2) is 0 Å². The van der Waals surface area contributed by atoms with Crippen molar-refractivity contribution >= 4 is 0 Å². The summed E-state index contributed by atoms with van der Waals surface area (Å²) < 4.78 is 13.2. The van der Waals surface area contributed by atoms with E-state index in [0.29, 0.717) is 6.04 Å². The quantitative estimate of drug-likeness (QED) is 0.846. The summed E-state index contributed by atoms with van der Waals surface area (Å²) in [6.07, 6.45) is 7.49. The summed E-state index contributed by atoms with van der Waals surface area (Å²) >= 11 is 0. The molecule has 1 aromatic heterocycles. The van der Waals surface area contributed by atoms with Gasteiger partial charge in [0.1, 0.15) is 5.82 Å². The Kier molecular flexibility index (Phi) is 3.51. The lowest BCUT2D eigenvalue weighted by molar-refractivity contribution is 0.243. The molecule has 0 aliphatic carbocycles. The largest absolute Gasteiger partial charge is 0.290 e. The van der Waals surface area contributed by atoms with Crippen molar-refractivity contribution < 1.29 is 4.39 Å². The Morgan fingerprint density at radius 2 is 2.26 bits per heavy atom. The summed E-state index contributed by atoms with van der Waals surface area (Å²) in [5, 5.41) is 0. The summed E-state index contributed by atoms with van der Waals surface area (Å²) in [5.41, 5.74) is 2.02. The van der Waals surface area contributed by atoms with Crippen molar-refractivity contribution in [2.75, 3.05) is 6.54 Å². The van der Waals surface area contributed by atoms with Crippen LogP contribution < -0.4 is 0 Å². The SMILES string of the molecule is Fc1cccc(CN2CCC[C@H]2c2cnccn2)c1. The van der Waals surface area contributed by atoms with Crippen LogP contribution in [0.2, 0.25) is 0 Å². The third-order valence-electron chi connectivity index (χ3n) is 3.56. The predicted octanol–water partition coefficient (Wildman–Crippen LogP) is 2.95. The van der Waals surface area contributed by atoms with Gasteiger partial charge in [0.05, 0.1) is 11.7 Å². The minimum absolute atomic E-state index is 0.173. The average molecular weight is 257 g/mol. The van der Waals surface area contributed by atoms with E-state index >= 15 is 0 Å². The van der Waals surface area contributed by atoms with Gasteiger partial charge in [-0.05, 0) is 37.1 Å². The number of likely N-dealkylation sites (tertiary alicyclic amines) is 1. The van der Waals surface area contributed by atoms with Crippen LogP contribution in [-0.2, 0) is 6.54 Å². The van der Waals surface area contributed by atoms with E-state index in [1.807, 2.05) is 12.3 Å². The van der Waals surface area contributed by atoms with Crippen LogP contribution in [0.4, 0.5) is 4.39 Å². The van der Waals surface area contributed by atoms with E-state index in [2.05, 4.69) is 14.9 Å². The van der Waals surface area contributed by atoms with Gasteiger partial charge < -0.3 is 0 Å². The van der Waals surface area contributed by atoms with Crippen molar-refractivity contribution in [3.05, 3.63) is 59.9 Å². The van der Waals surface area contributed by atoms with Crippen LogP contribution in [0.3, 0.4) is 0 Å². The van der Waals surface area contributed by atoms with Gasteiger partial charge in [0.2, 0.25) is 0 Å². The van der Waals surface area contributed by atoms with Crippen molar-refractivity contribution in [3.8, 4) is 0 Å². The second-order valence-corrected chi connectivity index (χ2v) is 4.89. The van der Waals surface area contributed by atoms with E-state index < -0.39 is 0 Å². The molecule has 0 unspecified atom stereocenters. The maximum atomic E-state index is 13.2. The molecule has 0 radical (unpaired) electrons. The number of hydrogen-bond donors (Lipinski definition) is 0. The molecule has 4 heteroatoms. The van der Waals surface area contributed by atoms with Crippen LogP contribution >= 0.6 is 0 Å². The Balaban J connectivity index is 1.77. The molecule has 1 aliphatic heterocycles. The molecule has 98 valence electrons. The summed E-state index contributed by atoms with van der Waals surface area (Å²) in [4.78, 5) is 10.9. The van der Waals surface area contributed by atoms with E-state index in [1.54, 1.807) is 24.5 Å². The standard InChI is InChI=1S/C15H16FN3/c16-13-4-1-3-12(9-13)11-19-8-2-5-15(19)14-10-17-6-7-18-14/h1,3-4,6-7,9-10,15H,2,5,8,11H2/t15-/m0/s1. The lowest BCUT2D eigenvalue weighted by Gasteiger charge is -2.23. The molecule has 1 fully saturated rings. The molecule has 1 atom stereocenters. The number of aromatic nitrogens is 2. The predicted molar refractivity (Wildman–Crippen MR) is 70.8 cm³/mol. The molecule has 1 aromatic carbocycles. The fraction of sp³-hybridized carbons (Fsp3) is 0.333. The van der Waals surface area contributed by atoms with Crippen molar-refractivity contribution in [1.82, 2.24) is 14.9 Å². The topological polar surface area (TPSA) is 29.0 Å². The van der Waals surface area contributed by atoms with Gasteiger partial charge in [-0.25, -0.2) is 4.39 Å². The van der Waals surface area contributed by atoms with Gasteiger partial charge in [-0.1, -0.05) is 12.1 Å². The average Bonchev–Trinajstić information content (AvgIpc) is 2.88. The Labute approximate surface area is 112 Å². The van der Waals surface area contributed by atoms with Crippen LogP contribution in [-0.4, -0.2) is 21.4 Å². The highest BCUT2D eigenvalue weighted by Crippen LogP contribution is 2.31. The molecule has 3 rings (SSSR count). The highest BCUT2D eigenvalue weighted by Gasteiger charge is 2.27. The lowest BCUT2D eigenvalue weighted by atomic mass is 10.1. The summed E-state index contributed by atoms with van der Waals surface area (Å²) in [6, 6.07) is 7.12. The molecule has 0 N–H and O–H groups in total. The third-order valence-corrected chi connectivity index (χ3v) is 3.56. The van der Waals surface area contributed by atoms with E-state index in [1.165, 1.54) is 6.07 Å². The molecular weight excluding hydrogens is 241 g/mol. The van der Waals surface area contributed by atoms with Crippen LogP contribution in [0.5, 0.6) is 0 Å². The maximum absolute atomic E-state index is 13.2. The molecule has 0 spiro atoms. The second kappa shape index (κ2) is 5.45. The second-order valence-electron chi connectivity index (χ2n) is 4.89. The number of hydrogen-bond acceptors (Lipinski definition) is 3. The fourth-order valence-corrected chi connectivity index (χ4v) is 2.70. The Morgan fingerprint density at radius 3 is 3.05 bits per heavy atom. The third kappa shape index (κ3) is 2.79. The van der Waals surface area contributed by atoms with Crippen LogP contribution in [0.15, 0.2) is 42.9 Å². The van der Waals surface area contributed by atoms with Gasteiger partial charge in [0.25, 0.3) is 0 Å². The summed E-state index contributed by atoms with van der Waals surface area (Å²) in [6.45, 7) is 1.79. The zero-order valence-corrected chi connectivity index (χ0v) is 10.7. The first kappa shape index (κ1) is 12.2. The molecule has 0 amide bonds. The van der Waals surface area contributed by atoms with E-state index in [0.717, 1.165) is 37.2 Å². The number of nitrogens with zero attached hydrogens (tertiary/aromatic N) is 3. The lowest BCUT2D eigenvalue weighted by Crippen LogP contribution is -2.23. The number of rotatable bonds is 3. The fourth-order valence-electron chi connectivity index (χ4n) is 2.70. The van der Waals surface area contributed by atoms with Gasteiger partial charge in [-0.3, -0.25) is 14.9 Å². The highest BCUT2D eigenvalue weighted by molar-refractivity contribution is 5.17. The summed E-state index contributed by atoms with van der Waals surface area (Å²) in [5.74, 6) is -0.173. The number of halogens is 1. The molecule has 3 nitrogen and oxygen atoms in total. The first-order chi connectivity index (χ1) is 9.33. The van der Waals surface area contributed by atoms with Crippen LogP contribution in [0.25, 0.3) is 0 Å². The minimum atomic E-state index is -0.173. The van der Waals surface area contributed by atoms with E-state index in [9.17, 15) is 4.39 Å². The zero-order valence-electron chi connectivity index (χ0n) is 10.7. The molecule has 0 bridgehead atoms. The minimum Gasteiger partial charge on any atom is -0.290 e. The van der Waals surface area contributed by atoms with E-state index in [4.69, 9.17) is 0 Å². The molecule has 2 aromatic rings. The maximum Gasteiger partial charge on any atom is 0.123 e. The van der Waals surface area contributed by atoms with Crippen molar-refractivity contribution in [1.29, 1.82) is 0 Å². The van der Waals surface area contributed by atoms with Crippen molar-refractivity contribution in [2.45, 2.75) is 25.4 Å². The molecule has 1 saturated heterocycles. The number of benzene rings is 1. The first-order valence-electron chi connectivity index (χ1n) is 6.57. The van der Waals surface area contributed by atoms with Gasteiger partial charge >= 0.3 is 0 Å². The molecule has 0 saturated carbocycles. The van der Waals surface area contributed by atoms with Gasteiger partial charge in [0, 0.05) is 25.1 Å². The van der Waals surface area contributed by atoms with Crippen LogP contribution in [0.1, 0.15) is 30.1 Å². The first-order valence-corrected chi connectivity index (χ1v) is 6.57. The van der Waals surface area contributed by atoms with Crippen LogP contribution in [0, 0.1) is 5.82 Å². The Hall–Kier alpha value is -1.81. The van der Waals surface area contributed by atoms with Gasteiger partial charge in [-0.15, -0.1) is 0 Å². The van der Waals surface area contributed by atoms with E-state index in [-0.39, 0.29) is 5.82 Å². The Bertz CT molecular complexity index is 544. The molecular formula is C15H16FN3. The highest BCUT2D eigenvalue weighted by atomic mass is 19.1. The molecule has 1 aliphatic rings. The monoisotopic (exact) mass is 257 g/mol. The van der Waals surface area contributed by atoms with Gasteiger partial charge in [-0.2, -0.15) is 0 Å². The molecule has 2 heterocycles. The zero-order chi connectivity index (χ0) is 13.1. The normalized spacial score (nSPS) is 19.7. The van der Waals surface area contributed by atoms with Crippen molar-refractivity contribution in [2.24, 2.45) is 0 Å². The summed E-state index contributed by atoms with van der Waals surface area (Å²) in [7, 11) is 0. The van der Waals surface area contributed by atoms with Crippen molar-refractivity contribution in [3.63, 3.8) is 0 Å². The Morgan fingerprint density at radius 1 is 1.32 bits per heavy atom.